The van der Waals surface area contributed by atoms with Gasteiger partial charge in [-0.3, -0.25) is 0 Å². The van der Waals surface area contributed by atoms with Crippen LogP contribution in [0.1, 0.15) is 25.7 Å². The average molecular weight is 309 g/mol. The minimum absolute atomic E-state index is 0.0867. The van der Waals surface area contributed by atoms with Gasteiger partial charge in [-0.15, -0.1) is 0 Å². The fourth-order valence-electron chi connectivity index (χ4n) is 3.88. The van der Waals surface area contributed by atoms with Gasteiger partial charge in [0, 0.05) is 25.3 Å². The SMILES string of the molecule is COC[C@@H]1CC[C@@H](Nc2ccc(F)cc2)[C@@]2(O)CCCO[C@H]12. The Balaban J connectivity index is 1.78. The number of anilines is 1. The van der Waals surface area contributed by atoms with Gasteiger partial charge in [0.2, 0.25) is 0 Å². The molecule has 1 saturated carbocycles. The number of benzene rings is 1. The first kappa shape index (κ1) is 15.7. The minimum atomic E-state index is -0.895. The van der Waals surface area contributed by atoms with Crippen LogP contribution in [0.5, 0.6) is 0 Å². The largest absolute Gasteiger partial charge is 0.385 e. The molecule has 0 aromatic heterocycles. The van der Waals surface area contributed by atoms with Crippen molar-refractivity contribution in [3.8, 4) is 0 Å². The van der Waals surface area contributed by atoms with Crippen molar-refractivity contribution in [1.29, 1.82) is 0 Å². The van der Waals surface area contributed by atoms with Crippen molar-refractivity contribution in [2.24, 2.45) is 5.92 Å². The molecule has 2 aliphatic rings. The van der Waals surface area contributed by atoms with E-state index in [1.807, 2.05) is 0 Å². The molecule has 5 heteroatoms. The van der Waals surface area contributed by atoms with E-state index in [0.717, 1.165) is 31.4 Å². The quantitative estimate of drug-likeness (QED) is 0.897. The Bertz CT molecular complexity index is 495. The topological polar surface area (TPSA) is 50.7 Å². The van der Waals surface area contributed by atoms with Crippen molar-refractivity contribution in [2.45, 2.75) is 43.4 Å². The van der Waals surface area contributed by atoms with Crippen LogP contribution in [0.3, 0.4) is 0 Å². The Kier molecular flexibility index (Phi) is 4.66. The second-order valence-electron chi connectivity index (χ2n) is 6.38. The summed E-state index contributed by atoms with van der Waals surface area (Å²) in [5.41, 5.74) is -0.0667. The first-order valence-electron chi connectivity index (χ1n) is 7.98. The molecule has 1 aliphatic carbocycles. The number of nitrogens with one attached hydrogen (secondary N) is 1. The van der Waals surface area contributed by atoms with E-state index in [4.69, 9.17) is 9.47 Å². The number of methoxy groups -OCH3 is 1. The second-order valence-corrected chi connectivity index (χ2v) is 6.38. The van der Waals surface area contributed by atoms with Gasteiger partial charge in [-0.25, -0.2) is 4.39 Å². The van der Waals surface area contributed by atoms with Gasteiger partial charge < -0.3 is 19.9 Å². The van der Waals surface area contributed by atoms with Crippen LogP contribution in [0, 0.1) is 11.7 Å². The van der Waals surface area contributed by atoms with Crippen molar-refractivity contribution in [3.63, 3.8) is 0 Å². The van der Waals surface area contributed by atoms with Crippen LogP contribution < -0.4 is 5.32 Å². The molecule has 1 saturated heterocycles. The molecule has 2 N–H and O–H groups in total. The van der Waals surface area contributed by atoms with E-state index in [1.165, 1.54) is 12.1 Å². The summed E-state index contributed by atoms with van der Waals surface area (Å²) in [6.07, 6.45) is 3.17. The van der Waals surface area contributed by atoms with Gasteiger partial charge in [0.25, 0.3) is 0 Å². The predicted octanol–water partition coefficient (Wildman–Crippen LogP) is 2.57. The fraction of sp³-hybridized carbons (Fsp3) is 0.647. The molecule has 122 valence electrons. The number of hydrogen-bond donors (Lipinski definition) is 2. The van der Waals surface area contributed by atoms with Crippen molar-refractivity contribution in [3.05, 3.63) is 30.1 Å². The number of rotatable bonds is 4. The van der Waals surface area contributed by atoms with Crippen molar-refractivity contribution >= 4 is 5.69 Å². The average Bonchev–Trinajstić information content (AvgIpc) is 2.52. The first-order valence-corrected chi connectivity index (χ1v) is 7.98. The molecule has 2 fully saturated rings. The van der Waals surface area contributed by atoms with E-state index in [-0.39, 0.29) is 23.9 Å². The lowest BCUT2D eigenvalue weighted by molar-refractivity contribution is -0.196. The highest BCUT2D eigenvalue weighted by Gasteiger charge is 2.52. The monoisotopic (exact) mass is 309 g/mol. The molecule has 0 amide bonds. The molecule has 4 atom stereocenters. The summed E-state index contributed by atoms with van der Waals surface area (Å²) in [6.45, 7) is 1.30. The predicted molar refractivity (Wildman–Crippen MR) is 82.3 cm³/mol. The molecule has 1 aromatic rings. The Hall–Kier alpha value is -1.17. The van der Waals surface area contributed by atoms with Crippen LogP contribution in [0.15, 0.2) is 24.3 Å². The summed E-state index contributed by atoms with van der Waals surface area (Å²) < 4.78 is 24.2. The van der Waals surface area contributed by atoms with Crippen molar-refractivity contribution < 1.29 is 19.0 Å². The zero-order chi connectivity index (χ0) is 15.6. The molecular weight excluding hydrogens is 285 g/mol. The normalized spacial score (nSPS) is 35.0. The van der Waals surface area contributed by atoms with Crippen LogP contribution in [0.4, 0.5) is 10.1 Å². The molecule has 22 heavy (non-hydrogen) atoms. The Morgan fingerprint density at radius 2 is 2.14 bits per heavy atom. The first-order chi connectivity index (χ1) is 10.6. The summed E-state index contributed by atoms with van der Waals surface area (Å²) in [5.74, 6) is -0.0338. The van der Waals surface area contributed by atoms with E-state index in [1.54, 1.807) is 19.2 Å². The zero-order valence-corrected chi connectivity index (χ0v) is 12.9. The molecule has 1 aliphatic heterocycles. The highest BCUT2D eigenvalue weighted by atomic mass is 19.1. The van der Waals surface area contributed by atoms with Crippen LogP contribution in [0.25, 0.3) is 0 Å². The molecular formula is C17H24FNO3. The fourth-order valence-corrected chi connectivity index (χ4v) is 3.88. The lowest BCUT2D eigenvalue weighted by Crippen LogP contribution is -2.64. The maximum absolute atomic E-state index is 13.0. The highest BCUT2D eigenvalue weighted by molar-refractivity contribution is 5.45. The lowest BCUT2D eigenvalue weighted by Gasteiger charge is -2.51. The molecule has 0 bridgehead atoms. The smallest absolute Gasteiger partial charge is 0.123 e. The molecule has 1 aromatic carbocycles. The van der Waals surface area contributed by atoms with Gasteiger partial charge in [0.1, 0.15) is 11.4 Å². The zero-order valence-electron chi connectivity index (χ0n) is 12.9. The molecule has 1 heterocycles. The van der Waals surface area contributed by atoms with Crippen molar-refractivity contribution in [2.75, 3.05) is 25.6 Å². The molecule has 0 unspecified atom stereocenters. The summed E-state index contributed by atoms with van der Waals surface area (Å²) in [5, 5.41) is 14.6. The van der Waals surface area contributed by atoms with Gasteiger partial charge in [0.05, 0.1) is 18.8 Å². The van der Waals surface area contributed by atoms with Crippen LogP contribution in [-0.4, -0.2) is 43.2 Å². The molecule has 3 rings (SSSR count). The summed E-state index contributed by atoms with van der Waals surface area (Å²) >= 11 is 0. The van der Waals surface area contributed by atoms with E-state index in [2.05, 4.69) is 5.32 Å². The number of hydrogen-bond acceptors (Lipinski definition) is 4. The van der Waals surface area contributed by atoms with Crippen molar-refractivity contribution in [1.82, 2.24) is 0 Å². The molecule has 0 radical (unpaired) electrons. The van der Waals surface area contributed by atoms with E-state index in [0.29, 0.717) is 13.2 Å². The van der Waals surface area contributed by atoms with Gasteiger partial charge >= 0.3 is 0 Å². The van der Waals surface area contributed by atoms with Crippen LogP contribution in [-0.2, 0) is 9.47 Å². The Morgan fingerprint density at radius 3 is 2.86 bits per heavy atom. The van der Waals surface area contributed by atoms with Gasteiger partial charge in [-0.05, 0) is 49.9 Å². The molecule has 4 nitrogen and oxygen atoms in total. The number of fused-ring (bicyclic) bond motifs is 1. The van der Waals surface area contributed by atoms with Gasteiger partial charge in [-0.2, -0.15) is 0 Å². The van der Waals surface area contributed by atoms with E-state index < -0.39 is 5.60 Å². The Morgan fingerprint density at radius 1 is 1.36 bits per heavy atom. The number of aliphatic hydroxyl groups is 1. The summed E-state index contributed by atoms with van der Waals surface area (Å²) in [6, 6.07) is 6.18. The highest BCUT2D eigenvalue weighted by Crippen LogP contribution is 2.42. The van der Waals surface area contributed by atoms with Crippen LogP contribution >= 0.6 is 0 Å². The third kappa shape index (κ3) is 2.98. The number of halogens is 1. The second kappa shape index (κ2) is 6.52. The Labute approximate surface area is 130 Å². The van der Waals surface area contributed by atoms with E-state index >= 15 is 0 Å². The van der Waals surface area contributed by atoms with Gasteiger partial charge in [-0.1, -0.05) is 0 Å². The maximum atomic E-state index is 13.0. The van der Waals surface area contributed by atoms with Gasteiger partial charge in [0.15, 0.2) is 0 Å². The van der Waals surface area contributed by atoms with E-state index in [9.17, 15) is 9.50 Å². The van der Waals surface area contributed by atoms with Crippen LogP contribution in [0.2, 0.25) is 0 Å². The standard InChI is InChI=1S/C17H24FNO3/c1-21-11-12-3-8-15(17(20)9-2-10-22-16(12)17)19-14-6-4-13(18)5-7-14/h4-7,12,15-16,19-20H,2-3,8-11H2,1H3/t12-,15+,16+,17-/m0/s1. The lowest BCUT2D eigenvalue weighted by atomic mass is 9.69. The number of ether oxygens (including phenoxy) is 2. The third-order valence-electron chi connectivity index (χ3n) is 4.94. The molecule has 0 spiro atoms. The summed E-state index contributed by atoms with van der Waals surface area (Å²) in [4.78, 5) is 0. The maximum Gasteiger partial charge on any atom is 0.123 e. The minimum Gasteiger partial charge on any atom is -0.385 e. The third-order valence-corrected chi connectivity index (χ3v) is 4.94. The summed E-state index contributed by atoms with van der Waals surface area (Å²) in [7, 11) is 1.69.